The summed E-state index contributed by atoms with van der Waals surface area (Å²) < 4.78 is 27.4. The lowest BCUT2D eigenvalue weighted by molar-refractivity contribution is 0.559. The van der Waals surface area contributed by atoms with Crippen molar-refractivity contribution in [3.63, 3.8) is 0 Å². The lowest BCUT2D eigenvalue weighted by Crippen LogP contribution is -2.34. The number of nitrogens with one attached hydrogen (secondary N) is 1. The van der Waals surface area contributed by atoms with Gasteiger partial charge in [0.05, 0.1) is 4.90 Å². The van der Waals surface area contributed by atoms with E-state index in [0.717, 1.165) is 11.1 Å². The molecule has 5 heteroatoms. The van der Waals surface area contributed by atoms with E-state index in [-0.39, 0.29) is 10.9 Å². The summed E-state index contributed by atoms with van der Waals surface area (Å²) in [5.74, 6) is 0. The Morgan fingerprint density at radius 2 is 1.81 bits per heavy atom. The summed E-state index contributed by atoms with van der Waals surface area (Å²) in [6.45, 7) is 3.65. The van der Waals surface area contributed by atoms with Crippen molar-refractivity contribution >= 4 is 15.7 Å². The molecule has 0 fully saturated rings. The number of hydrogen-bond acceptors (Lipinski definition) is 3. The van der Waals surface area contributed by atoms with Gasteiger partial charge in [0.15, 0.2) is 0 Å². The lowest BCUT2D eigenvalue weighted by Gasteiger charge is -2.15. The van der Waals surface area contributed by atoms with Gasteiger partial charge in [0.25, 0.3) is 0 Å². The quantitative estimate of drug-likeness (QED) is 0.834. The average molecular weight is 304 g/mol. The van der Waals surface area contributed by atoms with Crippen LogP contribution >= 0.6 is 0 Å². The van der Waals surface area contributed by atoms with Crippen LogP contribution in [0, 0.1) is 6.92 Å². The molecule has 0 spiro atoms. The second kappa shape index (κ2) is 6.28. The molecule has 0 aliphatic heterocycles. The van der Waals surface area contributed by atoms with Crippen molar-refractivity contribution in [1.82, 2.24) is 4.72 Å². The van der Waals surface area contributed by atoms with E-state index in [0.29, 0.717) is 12.1 Å². The highest BCUT2D eigenvalue weighted by molar-refractivity contribution is 7.89. The van der Waals surface area contributed by atoms with Crippen LogP contribution in [0.25, 0.3) is 0 Å². The van der Waals surface area contributed by atoms with Crippen molar-refractivity contribution in [3.8, 4) is 0 Å². The Morgan fingerprint density at radius 1 is 1.14 bits per heavy atom. The van der Waals surface area contributed by atoms with Gasteiger partial charge in [-0.05, 0) is 49.6 Å². The molecule has 0 heterocycles. The molecule has 4 nitrogen and oxygen atoms in total. The van der Waals surface area contributed by atoms with E-state index in [2.05, 4.69) is 4.72 Å². The molecule has 1 unspecified atom stereocenters. The predicted molar refractivity (Wildman–Crippen MR) is 85.5 cm³/mol. The van der Waals surface area contributed by atoms with Gasteiger partial charge in [0, 0.05) is 11.7 Å². The van der Waals surface area contributed by atoms with Gasteiger partial charge in [0.1, 0.15) is 0 Å². The van der Waals surface area contributed by atoms with E-state index < -0.39 is 10.0 Å². The second-order valence-corrected chi connectivity index (χ2v) is 6.94. The molecule has 0 aliphatic rings. The number of rotatable bonds is 5. The first-order valence-corrected chi connectivity index (χ1v) is 8.29. The molecule has 2 aromatic carbocycles. The highest BCUT2D eigenvalue weighted by Gasteiger charge is 2.18. The van der Waals surface area contributed by atoms with Gasteiger partial charge in [-0.25, -0.2) is 13.1 Å². The van der Waals surface area contributed by atoms with Gasteiger partial charge in [-0.2, -0.15) is 0 Å². The van der Waals surface area contributed by atoms with Crippen LogP contribution in [0.3, 0.4) is 0 Å². The maximum atomic E-state index is 12.3. The molecule has 2 rings (SSSR count). The predicted octanol–water partition coefficient (Wildman–Crippen LogP) is 2.49. The number of hydrogen-bond donors (Lipinski definition) is 2. The Morgan fingerprint density at radius 3 is 2.43 bits per heavy atom. The largest absolute Gasteiger partial charge is 0.399 e. The number of nitrogen functional groups attached to an aromatic ring is 1. The molecule has 112 valence electrons. The van der Waals surface area contributed by atoms with Crippen LogP contribution in [-0.2, 0) is 16.4 Å². The van der Waals surface area contributed by atoms with Gasteiger partial charge in [0.2, 0.25) is 10.0 Å². The number of sulfonamides is 1. The first-order chi connectivity index (χ1) is 9.88. The van der Waals surface area contributed by atoms with E-state index in [1.54, 1.807) is 19.1 Å². The van der Waals surface area contributed by atoms with E-state index >= 15 is 0 Å². The smallest absolute Gasteiger partial charge is 0.240 e. The van der Waals surface area contributed by atoms with Gasteiger partial charge in [-0.3, -0.25) is 0 Å². The number of benzene rings is 2. The number of nitrogens with two attached hydrogens (primary N) is 1. The zero-order chi connectivity index (χ0) is 15.5. The third-order valence-corrected chi connectivity index (χ3v) is 4.88. The van der Waals surface area contributed by atoms with Crippen LogP contribution in [0.1, 0.15) is 18.1 Å². The first-order valence-electron chi connectivity index (χ1n) is 6.81. The van der Waals surface area contributed by atoms with Gasteiger partial charge in [-0.15, -0.1) is 0 Å². The van der Waals surface area contributed by atoms with Crippen molar-refractivity contribution in [2.45, 2.75) is 31.2 Å². The summed E-state index contributed by atoms with van der Waals surface area (Å²) in [6.07, 6.45) is 0.647. The third kappa shape index (κ3) is 4.06. The van der Waals surface area contributed by atoms with Crippen LogP contribution in [0.4, 0.5) is 5.69 Å². The van der Waals surface area contributed by atoms with Gasteiger partial charge < -0.3 is 5.73 Å². The Labute approximate surface area is 126 Å². The molecule has 1 atom stereocenters. The minimum absolute atomic E-state index is 0.185. The summed E-state index contributed by atoms with van der Waals surface area (Å²) in [6, 6.07) is 14.3. The second-order valence-electron chi connectivity index (χ2n) is 5.23. The normalized spacial score (nSPS) is 13.0. The minimum Gasteiger partial charge on any atom is -0.399 e. The Kier molecular flexibility index (Phi) is 4.65. The fraction of sp³-hybridized carbons (Fsp3) is 0.250. The standard InChI is InChI=1S/C16H20N2O2S/c1-12-10-15(8-9-16(12)17)21(19,20)18-13(2)11-14-6-4-3-5-7-14/h3-10,13,18H,11,17H2,1-2H3. The molecule has 3 N–H and O–H groups in total. The SMILES string of the molecule is Cc1cc(S(=O)(=O)NC(C)Cc2ccccc2)ccc1N. The van der Waals surface area contributed by atoms with Crippen molar-refractivity contribution < 1.29 is 8.42 Å². The van der Waals surface area contributed by atoms with Crippen molar-refractivity contribution in [2.75, 3.05) is 5.73 Å². The van der Waals surface area contributed by atoms with Crippen LogP contribution in [0.5, 0.6) is 0 Å². The molecule has 0 amide bonds. The average Bonchev–Trinajstić information content (AvgIpc) is 2.42. The zero-order valence-corrected chi connectivity index (χ0v) is 13.0. The van der Waals surface area contributed by atoms with Crippen LogP contribution in [-0.4, -0.2) is 14.5 Å². The van der Waals surface area contributed by atoms with Crippen molar-refractivity contribution in [2.24, 2.45) is 0 Å². The fourth-order valence-corrected chi connectivity index (χ4v) is 3.49. The molecule has 2 aromatic rings. The Balaban J connectivity index is 2.11. The first kappa shape index (κ1) is 15.5. The topological polar surface area (TPSA) is 72.2 Å². The van der Waals surface area contributed by atoms with Gasteiger partial charge >= 0.3 is 0 Å². The molecular formula is C16H20N2O2S. The zero-order valence-electron chi connectivity index (χ0n) is 12.2. The summed E-state index contributed by atoms with van der Waals surface area (Å²) in [7, 11) is -3.52. The van der Waals surface area contributed by atoms with E-state index in [9.17, 15) is 8.42 Å². The molecule has 21 heavy (non-hydrogen) atoms. The number of aryl methyl sites for hydroxylation is 1. The summed E-state index contributed by atoms with van der Waals surface area (Å²) in [4.78, 5) is 0.245. The maximum absolute atomic E-state index is 12.3. The summed E-state index contributed by atoms with van der Waals surface area (Å²) in [5.41, 5.74) is 8.17. The van der Waals surface area contributed by atoms with Crippen LogP contribution in [0.15, 0.2) is 53.4 Å². The third-order valence-electron chi connectivity index (χ3n) is 3.29. The molecule has 0 aliphatic carbocycles. The number of anilines is 1. The Bertz CT molecular complexity index is 712. The van der Waals surface area contributed by atoms with Crippen molar-refractivity contribution in [1.29, 1.82) is 0 Å². The molecular weight excluding hydrogens is 284 g/mol. The van der Waals surface area contributed by atoms with Crippen LogP contribution in [0.2, 0.25) is 0 Å². The van der Waals surface area contributed by atoms with E-state index in [1.807, 2.05) is 37.3 Å². The molecule has 0 saturated carbocycles. The van der Waals surface area contributed by atoms with E-state index in [4.69, 9.17) is 5.73 Å². The molecule has 0 aromatic heterocycles. The monoisotopic (exact) mass is 304 g/mol. The summed E-state index contributed by atoms with van der Waals surface area (Å²) >= 11 is 0. The van der Waals surface area contributed by atoms with E-state index in [1.165, 1.54) is 6.07 Å². The van der Waals surface area contributed by atoms with Crippen molar-refractivity contribution in [3.05, 3.63) is 59.7 Å². The van der Waals surface area contributed by atoms with Gasteiger partial charge in [-0.1, -0.05) is 30.3 Å². The highest BCUT2D eigenvalue weighted by atomic mass is 32.2. The molecule has 0 radical (unpaired) electrons. The minimum atomic E-state index is -3.52. The Hall–Kier alpha value is -1.85. The highest BCUT2D eigenvalue weighted by Crippen LogP contribution is 2.17. The maximum Gasteiger partial charge on any atom is 0.240 e. The summed E-state index contributed by atoms with van der Waals surface area (Å²) in [5, 5.41) is 0. The molecule has 0 saturated heterocycles. The van der Waals surface area contributed by atoms with Crippen LogP contribution < -0.4 is 10.5 Å². The molecule has 0 bridgehead atoms. The fourth-order valence-electron chi connectivity index (χ4n) is 2.16. The lowest BCUT2D eigenvalue weighted by atomic mass is 10.1.